The summed E-state index contributed by atoms with van der Waals surface area (Å²) in [7, 11) is 2.05. The molecule has 0 saturated heterocycles. The van der Waals surface area contributed by atoms with Crippen LogP contribution in [0.15, 0.2) is 43.1 Å². The summed E-state index contributed by atoms with van der Waals surface area (Å²) in [5.74, 6) is 0.974. The number of fused-ring (bicyclic) bond motifs is 1. The van der Waals surface area contributed by atoms with Crippen molar-refractivity contribution in [1.82, 2.24) is 14.5 Å². The van der Waals surface area contributed by atoms with Crippen LogP contribution in [0.3, 0.4) is 0 Å². The number of hydrogen-bond donors (Lipinski definition) is 0. The first-order chi connectivity index (χ1) is 11.0. The molecule has 0 aliphatic heterocycles. The Morgan fingerprint density at radius 3 is 2.70 bits per heavy atom. The maximum Gasteiger partial charge on any atom is 0.136 e. The second-order valence-electron chi connectivity index (χ2n) is 5.98. The predicted octanol–water partition coefficient (Wildman–Crippen LogP) is 4.87. The van der Waals surface area contributed by atoms with Crippen LogP contribution in [0.1, 0.15) is 36.5 Å². The number of allylic oxidation sites excluding steroid dienone is 2. The van der Waals surface area contributed by atoms with E-state index in [1.165, 1.54) is 0 Å². The Balaban J connectivity index is 2.11. The summed E-state index contributed by atoms with van der Waals surface area (Å²) < 4.78 is 2.13. The van der Waals surface area contributed by atoms with Crippen molar-refractivity contribution >= 4 is 28.3 Å². The first-order valence-corrected chi connectivity index (χ1v) is 7.70. The quantitative estimate of drug-likeness (QED) is 0.691. The summed E-state index contributed by atoms with van der Waals surface area (Å²) in [6.45, 7) is 10.1. The molecule has 3 nitrogen and oxygen atoms in total. The second-order valence-corrected chi connectivity index (χ2v) is 5.98. The van der Waals surface area contributed by atoms with Gasteiger partial charge in [0.05, 0.1) is 11.0 Å². The summed E-state index contributed by atoms with van der Waals surface area (Å²) in [6.07, 6.45) is 3.96. The van der Waals surface area contributed by atoms with E-state index in [1.54, 1.807) is 0 Å². The van der Waals surface area contributed by atoms with Crippen molar-refractivity contribution in [2.45, 2.75) is 20.8 Å². The standard InChI is InChI=1S/C20H21N3/c1-13(2)16-8-9-19-18(12-16)22-20(23(19)5)14(3)11-17-7-6-10-21-15(17)4/h6-12H,1H2,2-5H3/b14-11+. The number of pyridine rings is 1. The molecule has 0 aliphatic rings. The number of imidazole rings is 1. The highest BCUT2D eigenvalue weighted by atomic mass is 15.1. The van der Waals surface area contributed by atoms with Gasteiger partial charge in [0, 0.05) is 18.9 Å². The Morgan fingerprint density at radius 1 is 1.22 bits per heavy atom. The molecule has 116 valence electrons. The van der Waals surface area contributed by atoms with Gasteiger partial charge in [0.2, 0.25) is 0 Å². The third-order valence-electron chi connectivity index (χ3n) is 4.15. The van der Waals surface area contributed by atoms with Gasteiger partial charge in [-0.15, -0.1) is 0 Å². The zero-order chi connectivity index (χ0) is 16.6. The summed E-state index contributed by atoms with van der Waals surface area (Å²) >= 11 is 0. The minimum absolute atomic E-state index is 0.974. The Hall–Kier alpha value is -2.68. The summed E-state index contributed by atoms with van der Waals surface area (Å²) in [4.78, 5) is 9.15. The Kier molecular flexibility index (Phi) is 3.87. The zero-order valence-corrected chi connectivity index (χ0v) is 14.1. The predicted molar refractivity (Wildman–Crippen MR) is 97.9 cm³/mol. The summed E-state index contributed by atoms with van der Waals surface area (Å²) in [6, 6.07) is 10.3. The molecular weight excluding hydrogens is 282 g/mol. The zero-order valence-electron chi connectivity index (χ0n) is 14.1. The van der Waals surface area contributed by atoms with E-state index in [4.69, 9.17) is 4.98 Å². The number of hydrogen-bond acceptors (Lipinski definition) is 2. The molecule has 0 amide bonds. The van der Waals surface area contributed by atoms with E-state index in [2.05, 4.69) is 60.4 Å². The monoisotopic (exact) mass is 303 g/mol. The number of benzene rings is 1. The minimum atomic E-state index is 0.974. The molecule has 0 bridgehead atoms. The van der Waals surface area contributed by atoms with Crippen molar-refractivity contribution in [3.05, 3.63) is 65.8 Å². The normalized spacial score (nSPS) is 11.9. The van der Waals surface area contributed by atoms with Gasteiger partial charge in [-0.05, 0) is 61.7 Å². The van der Waals surface area contributed by atoms with Crippen LogP contribution in [-0.4, -0.2) is 14.5 Å². The molecule has 0 saturated carbocycles. The molecule has 3 heteroatoms. The van der Waals surface area contributed by atoms with E-state index in [0.29, 0.717) is 0 Å². The third kappa shape index (κ3) is 2.82. The van der Waals surface area contributed by atoms with Crippen molar-refractivity contribution in [1.29, 1.82) is 0 Å². The average molecular weight is 303 g/mol. The van der Waals surface area contributed by atoms with Crippen molar-refractivity contribution in [2.24, 2.45) is 7.05 Å². The van der Waals surface area contributed by atoms with Crippen LogP contribution in [0.4, 0.5) is 0 Å². The lowest BCUT2D eigenvalue weighted by atomic mass is 10.1. The topological polar surface area (TPSA) is 30.7 Å². The molecule has 0 fully saturated rings. The highest BCUT2D eigenvalue weighted by Crippen LogP contribution is 2.25. The van der Waals surface area contributed by atoms with Gasteiger partial charge in [-0.2, -0.15) is 0 Å². The number of rotatable bonds is 3. The van der Waals surface area contributed by atoms with Gasteiger partial charge in [0.1, 0.15) is 5.82 Å². The fourth-order valence-electron chi connectivity index (χ4n) is 2.77. The van der Waals surface area contributed by atoms with E-state index >= 15 is 0 Å². The Labute approximate surface area is 137 Å². The Bertz CT molecular complexity index is 929. The van der Waals surface area contributed by atoms with E-state index in [-0.39, 0.29) is 0 Å². The van der Waals surface area contributed by atoms with Gasteiger partial charge < -0.3 is 4.57 Å². The minimum Gasteiger partial charge on any atom is -0.327 e. The lowest BCUT2D eigenvalue weighted by Crippen LogP contribution is -1.95. The second kappa shape index (κ2) is 5.84. The van der Waals surface area contributed by atoms with Crippen LogP contribution < -0.4 is 0 Å². The molecule has 3 aromatic rings. The van der Waals surface area contributed by atoms with Crippen LogP contribution in [0.25, 0.3) is 28.3 Å². The van der Waals surface area contributed by atoms with Crippen molar-refractivity contribution in [3.8, 4) is 0 Å². The van der Waals surface area contributed by atoms with Crippen LogP contribution in [0, 0.1) is 6.92 Å². The maximum atomic E-state index is 4.81. The molecule has 23 heavy (non-hydrogen) atoms. The van der Waals surface area contributed by atoms with E-state index < -0.39 is 0 Å². The van der Waals surface area contributed by atoms with E-state index in [9.17, 15) is 0 Å². The Morgan fingerprint density at radius 2 is 2.00 bits per heavy atom. The van der Waals surface area contributed by atoms with Gasteiger partial charge in [-0.25, -0.2) is 4.98 Å². The van der Waals surface area contributed by atoms with Gasteiger partial charge in [-0.3, -0.25) is 4.98 Å². The van der Waals surface area contributed by atoms with Crippen LogP contribution in [-0.2, 0) is 7.05 Å². The summed E-state index contributed by atoms with van der Waals surface area (Å²) in [5.41, 5.74) is 7.58. The fraction of sp³-hybridized carbons (Fsp3) is 0.200. The molecule has 2 aromatic heterocycles. The summed E-state index contributed by atoms with van der Waals surface area (Å²) in [5, 5.41) is 0. The molecular formula is C20H21N3. The number of aryl methyl sites for hydroxylation is 2. The van der Waals surface area contributed by atoms with Crippen LogP contribution >= 0.6 is 0 Å². The van der Waals surface area contributed by atoms with Crippen molar-refractivity contribution in [2.75, 3.05) is 0 Å². The largest absolute Gasteiger partial charge is 0.327 e. The first-order valence-electron chi connectivity index (χ1n) is 7.70. The smallest absolute Gasteiger partial charge is 0.136 e. The van der Waals surface area contributed by atoms with Crippen LogP contribution in [0.2, 0.25) is 0 Å². The van der Waals surface area contributed by atoms with E-state index in [0.717, 1.165) is 44.8 Å². The van der Waals surface area contributed by atoms with Gasteiger partial charge in [-0.1, -0.05) is 24.3 Å². The molecule has 3 rings (SSSR count). The van der Waals surface area contributed by atoms with Gasteiger partial charge in [0.25, 0.3) is 0 Å². The van der Waals surface area contributed by atoms with Crippen molar-refractivity contribution < 1.29 is 0 Å². The molecule has 2 heterocycles. The first kappa shape index (κ1) is 15.2. The molecule has 0 aliphatic carbocycles. The lowest BCUT2D eigenvalue weighted by molar-refractivity contribution is 0.921. The van der Waals surface area contributed by atoms with E-state index in [1.807, 2.05) is 26.1 Å². The SMILES string of the molecule is C=C(C)c1ccc2c(c1)nc(/C(C)=C/c1cccnc1C)n2C. The lowest BCUT2D eigenvalue weighted by Gasteiger charge is -2.04. The molecule has 0 spiro atoms. The van der Waals surface area contributed by atoms with Gasteiger partial charge in [0.15, 0.2) is 0 Å². The van der Waals surface area contributed by atoms with Crippen molar-refractivity contribution in [3.63, 3.8) is 0 Å². The fourth-order valence-corrected chi connectivity index (χ4v) is 2.77. The van der Waals surface area contributed by atoms with Crippen LogP contribution in [0.5, 0.6) is 0 Å². The third-order valence-corrected chi connectivity index (χ3v) is 4.15. The molecule has 0 N–H and O–H groups in total. The molecule has 0 atom stereocenters. The average Bonchev–Trinajstić information content (AvgIpc) is 2.86. The highest BCUT2D eigenvalue weighted by Gasteiger charge is 2.10. The molecule has 0 unspecified atom stereocenters. The van der Waals surface area contributed by atoms with Gasteiger partial charge >= 0.3 is 0 Å². The maximum absolute atomic E-state index is 4.81. The molecule has 0 radical (unpaired) electrons. The molecule has 1 aromatic carbocycles. The number of aromatic nitrogens is 3. The highest BCUT2D eigenvalue weighted by molar-refractivity contribution is 5.86. The number of nitrogens with zero attached hydrogens (tertiary/aromatic N) is 3.